The summed E-state index contributed by atoms with van der Waals surface area (Å²) >= 11 is 8.20. The fraction of sp³-hybridized carbons (Fsp3) is 0.222. The smallest absolute Gasteiger partial charge is 0.259 e. The molecule has 0 aliphatic heterocycles. The number of amides is 2. The first-order valence-electron chi connectivity index (χ1n) is 7.73. The fourth-order valence-electron chi connectivity index (χ4n) is 2.34. The zero-order valence-corrected chi connectivity index (χ0v) is 16.3. The number of benzene rings is 2. The molecule has 0 heterocycles. The van der Waals surface area contributed by atoms with Gasteiger partial charge in [0.25, 0.3) is 5.91 Å². The summed E-state index contributed by atoms with van der Waals surface area (Å²) in [6.45, 7) is 0. The summed E-state index contributed by atoms with van der Waals surface area (Å²) in [7, 11) is 1.50. The van der Waals surface area contributed by atoms with Gasteiger partial charge >= 0.3 is 0 Å². The molecule has 25 heavy (non-hydrogen) atoms. The van der Waals surface area contributed by atoms with Crippen molar-refractivity contribution in [2.45, 2.75) is 12.8 Å². The van der Waals surface area contributed by atoms with Crippen LogP contribution in [0.4, 0.5) is 11.4 Å². The van der Waals surface area contributed by atoms with Gasteiger partial charge < -0.3 is 15.4 Å². The van der Waals surface area contributed by atoms with E-state index in [0.717, 1.165) is 16.4 Å². The normalized spacial score (nSPS) is 13.2. The average Bonchev–Trinajstić information content (AvgIpc) is 3.42. The van der Waals surface area contributed by atoms with Crippen molar-refractivity contribution >= 4 is 57.4 Å². The summed E-state index contributed by atoms with van der Waals surface area (Å²) in [6.07, 6.45) is 1.88. The second-order valence-corrected chi connectivity index (χ2v) is 7.33. The van der Waals surface area contributed by atoms with E-state index in [1.54, 1.807) is 36.4 Å². The van der Waals surface area contributed by atoms with Gasteiger partial charge in [-0.1, -0.05) is 17.7 Å². The maximum Gasteiger partial charge on any atom is 0.259 e. The van der Waals surface area contributed by atoms with E-state index in [4.69, 9.17) is 16.3 Å². The van der Waals surface area contributed by atoms with Gasteiger partial charge in [-0.2, -0.15) is 0 Å². The predicted molar refractivity (Wildman–Crippen MR) is 106 cm³/mol. The van der Waals surface area contributed by atoms with Gasteiger partial charge in [0, 0.05) is 20.9 Å². The zero-order valence-electron chi connectivity index (χ0n) is 13.4. The SMILES string of the molecule is COc1cc(I)c(Cl)cc1C(=O)Nc1cccc(NC(=O)C2CC2)c1. The quantitative estimate of drug-likeness (QED) is 0.630. The van der Waals surface area contributed by atoms with Gasteiger partial charge in [0.2, 0.25) is 5.91 Å². The minimum atomic E-state index is -0.333. The number of nitrogens with one attached hydrogen (secondary N) is 2. The van der Waals surface area contributed by atoms with Crippen molar-refractivity contribution in [2.75, 3.05) is 17.7 Å². The summed E-state index contributed by atoms with van der Waals surface area (Å²) in [6, 6.07) is 10.3. The predicted octanol–water partition coefficient (Wildman–Crippen LogP) is 4.55. The monoisotopic (exact) mass is 470 g/mol. The Bertz CT molecular complexity index is 837. The molecule has 0 spiro atoms. The average molecular weight is 471 g/mol. The summed E-state index contributed by atoms with van der Waals surface area (Å²) in [5.41, 5.74) is 1.58. The van der Waals surface area contributed by atoms with Gasteiger partial charge in [-0.25, -0.2) is 0 Å². The molecule has 7 heteroatoms. The largest absolute Gasteiger partial charge is 0.496 e. The number of halogens is 2. The van der Waals surface area contributed by atoms with Crippen LogP contribution in [0.3, 0.4) is 0 Å². The van der Waals surface area contributed by atoms with Crippen molar-refractivity contribution in [3.8, 4) is 5.75 Å². The highest BCUT2D eigenvalue weighted by Crippen LogP contribution is 2.31. The van der Waals surface area contributed by atoms with Crippen LogP contribution in [0.15, 0.2) is 36.4 Å². The van der Waals surface area contributed by atoms with Crippen molar-refractivity contribution in [1.29, 1.82) is 0 Å². The lowest BCUT2D eigenvalue weighted by atomic mass is 10.1. The molecular formula is C18H16ClIN2O3. The second-order valence-electron chi connectivity index (χ2n) is 5.77. The van der Waals surface area contributed by atoms with Crippen molar-refractivity contribution in [3.63, 3.8) is 0 Å². The molecule has 130 valence electrons. The molecular weight excluding hydrogens is 455 g/mol. The van der Waals surface area contributed by atoms with Gasteiger partial charge in [0.05, 0.1) is 17.7 Å². The van der Waals surface area contributed by atoms with Gasteiger partial charge in [-0.15, -0.1) is 0 Å². The molecule has 1 aliphatic rings. The lowest BCUT2D eigenvalue weighted by Crippen LogP contribution is -2.15. The van der Waals surface area contributed by atoms with E-state index in [0.29, 0.717) is 27.7 Å². The van der Waals surface area contributed by atoms with Crippen LogP contribution in [0.5, 0.6) is 5.75 Å². The molecule has 0 atom stereocenters. The summed E-state index contributed by atoms with van der Waals surface area (Å²) in [5.74, 6) is 0.260. The molecule has 2 aromatic carbocycles. The van der Waals surface area contributed by atoms with Crippen molar-refractivity contribution in [1.82, 2.24) is 0 Å². The lowest BCUT2D eigenvalue weighted by molar-refractivity contribution is -0.117. The van der Waals surface area contributed by atoms with Crippen LogP contribution in [0.25, 0.3) is 0 Å². The highest BCUT2D eigenvalue weighted by molar-refractivity contribution is 14.1. The van der Waals surface area contributed by atoms with Crippen molar-refractivity contribution in [3.05, 3.63) is 50.6 Å². The number of methoxy groups -OCH3 is 1. The van der Waals surface area contributed by atoms with Crippen LogP contribution in [0, 0.1) is 9.49 Å². The van der Waals surface area contributed by atoms with Gasteiger partial charge in [-0.05, 0) is 65.8 Å². The molecule has 2 aromatic rings. The highest BCUT2D eigenvalue weighted by Gasteiger charge is 2.29. The molecule has 0 aromatic heterocycles. The number of ether oxygens (including phenoxy) is 1. The second kappa shape index (κ2) is 7.61. The van der Waals surface area contributed by atoms with Gasteiger partial charge in [0.15, 0.2) is 0 Å². The van der Waals surface area contributed by atoms with E-state index < -0.39 is 0 Å². The van der Waals surface area contributed by atoms with E-state index in [-0.39, 0.29) is 17.7 Å². The molecule has 0 unspecified atom stereocenters. The van der Waals surface area contributed by atoms with E-state index in [2.05, 4.69) is 33.2 Å². The number of hydrogen-bond acceptors (Lipinski definition) is 3. The van der Waals surface area contributed by atoms with Gasteiger partial charge in [-0.3, -0.25) is 9.59 Å². The van der Waals surface area contributed by atoms with Crippen LogP contribution in [0.1, 0.15) is 23.2 Å². The summed E-state index contributed by atoms with van der Waals surface area (Å²) in [4.78, 5) is 24.4. The Labute approximate surface area is 164 Å². The van der Waals surface area contributed by atoms with Crippen LogP contribution in [0.2, 0.25) is 5.02 Å². The first-order chi connectivity index (χ1) is 12.0. The first-order valence-corrected chi connectivity index (χ1v) is 9.19. The molecule has 2 N–H and O–H groups in total. The Morgan fingerprint density at radius 1 is 1.16 bits per heavy atom. The Balaban J connectivity index is 1.77. The summed E-state index contributed by atoms with van der Waals surface area (Å²) in [5, 5.41) is 6.15. The Morgan fingerprint density at radius 2 is 1.84 bits per heavy atom. The van der Waals surface area contributed by atoms with Crippen molar-refractivity contribution in [2.24, 2.45) is 5.92 Å². The van der Waals surface area contributed by atoms with Crippen LogP contribution >= 0.6 is 34.2 Å². The molecule has 1 fully saturated rings. The number of carbonyl (C=O) groups is 2. The maximum absolute atomic E-state index is 12.6. The molecule has 2 amide bonds. The minimum absolute atomic E-state index is 0.0227. The number of carbonyl (C=O) groups excluding carboxylic acids is 2. The fourth-order valence-corrected chi connectivity index (χ4v) is 2.94. The summed E-state index contributed by atoms with van der Waals surface area (Å²) < 4.78 is 6.07. The number of rotatable bonds is 5. The minimum Gasteiger partial charge on any atom is -0.496 e. The topological polar surface area (TPSA) is 67.4 Å². The van der Waals surface area contributed by atoms with Crippen LogP contribution < -0.4 is 15.4 Å². The van der Waals surface area contributed by atoms with Crippen molar-refractivity contribution < 1.29 is 14.3 Å². The number of anilines is 2. The van der Waals surface area contributed by atoms with E-state index in [1.807, 2.05) is 0 Å². The first kappa shape index (κ1) is 18.0. The third kappa shape index (κ3) is 4.43. The Hall–Kier alpha value is -1.80. The molecule has 1 saturated carbocycles. The highest BCUT2D eigenvalue weighted by atomic mass is 127. The van der Waals surface area contributed by atoms with E-state index in [1.165, 1.54) is 7.11 Å². The third-order valence-electron chi connectivity index (χ3n) is 3.82. The van der Waals surface area contributed by atoms with E-state index in [9.17, 15) is 9.59 Å². The molecule has 1 aliphatic carbocycles. The molecule has 3 rings (SSSR count). The van der Waals surface area contributed by atoms with Crippen LogP contribution in [-0.2, 0) is 4.79 Å². The Morgan fingerprint density at radius 3 is 2.48 bits per heavy atom. The molecule has 5 nitrogen and oxygen atoms in total. The Kier molecular flexibility index (Phi) is 5.48. The number of hydrogen-bond donors (Lipinski definition) is 2. The van der Waals surface area contributed by atoms with Gasteiger partial charge in [0.1, 0.15) is 5.75 Å². The molecule has 0 saturated heterocycles. The van der Waals surface area contributed by atoms with Crippen LogP contribution in [-0.4, -0.2) is 18.9 Å². The molecule has 0 bridgehead atoms. The molecule has 0 radical (unpaired) electrons. The lowest BCUT2D eigenvalue weighted by Gasteiger charge is -2.12. The third-order valence-corrected chi connectivity index (χ3v) is 5.35. The van der Waals surface area contributed by atoms with E-state index >= 15 is 0 Å². The maximum atomic E-state index is 12.6. The standard InChI is InChI=1S/C18H16ClIN2O3/c1-25-16-9-15(20)14(19)8-13(16)18(24)22-12-4-2-3-11(7-12)21-17(23)10-5-6-10/h2-4,7-10H,5-6H2,1H3,(H,21,23)(H,22,24). The zero-order chi connectivity index (χ0) is 18.0.